The molecule has 0 saturated heterocycles. The van der Waals surface area contributed by atoms with E-state index in [1.54, 1.807) is 19.1 Å². The summed E-state index contributed by atoms with van der Waals surface area (Å²) in [6, 6.07) is 9.18. The fraction of sp³-hybridized carbons (Fsp3) is 0.417. The van der Waals surface area contributed by atoms with Crippen molar-refractivity contribution in [3.05, 3.63) is 35.9 Å². The molecule has 1 aromatic carbocycles. The van der Waals surface area contributed by atoms with Crippen molar-refractivity contribution in [3.63, 3.8) is 0 Å². The van der Waals surface area contributed by atoms with Crippen LogP contribution in [0.3, 0.4) is 0 Å². The highest BCUT2D eigenvalue weighted by molar-refractivity contribution is 6.02. The second-order valence-corrected chi connectivity index (χ2v) is 3.97. The zero-order chi connectivity index (χ0) is 11.3. The number of hydrogen-bond donors (Lipinski definition) is 2. The van der Waals surface area contributed by atoms with Crippen LogP contribution < -0.4 is 11.1 Å². The second-order valence-electron chi connectivity index (χ2n) is 3.97. The van der Waals surface area contributed by atoms with E-state index in [0.717, 1.165) is 6.54 Å². The molecule has 0 aliphatic heterocycles. The van der Waals surface area contributed by atoms with Gasteiger partial charge >= 0.3 is 0 Å². The summed E-state index contributed by atoms with van der Waals surface area (Å²) in [5.41, 5.74) is 5.88. The average Bonchev–Trinajstić information content (AvgIpc) is 2.26. The van der Waals surface area contributed by atoms with Crippen LogP contribution in [0.25, 0.3) is 0 Å². The first-order chi connectivity index (χ1) is 7.08. The van der Waals surface area contributed by atoms with Gasteiger partial charge in [-0.05, 0) is 26.9 Å². The molecule has 0 spiro atoms. The summed E-state index contributed by atoms with van der Waals surface area (Å²) in [5, 5.41) is 3.00. The number of hydrogen-bond acceptors (Lipinski definition) is 3. The van der Waals surface area contributed by atoms with Crippen molar-refractivity contribution in [3.8, 4) is 0 Å². The molecule has 1 aromatic rings. The third kappa shape index (κ3) is 3.15. The molecule has 0 heterocycles. The van der Waals surface area contributed by atoms with Crippen LogP contribution in [0.4, 0.5) is 0 Å². The predicted molar refractivity (Wildman–Crippen MR) is 61.9 cm³/mol. The molecule has 0 aliphatic carbocycles. The lowest BCUT2D eigenvalue weighted by Crippen LogP contribution is -2.46. The molecule has 0 saturated carbocycles. The fourth-order valence-corrected chi connectivity index (χ4v) is 1.42. The summed E-state index contributed by atoms with van der Waals surface area (Å²) in [5.74, 6) is -0.00153. The Morgan fingerprint density at radius 2 is 2.00 bits per heavy atom. The highest BCUT2D eigenvalue weighted by atomic mass is 16.1. The van der Waals surface area contributed by atoms with Gasteiger partial charge in [0.15, 0.2) is 5.78 Å². The standard InChI is InChI=1S/C12H18N2O/c1-12(13,8-9-14-2)11(15)10-6-4-3-5-7-10/h3-7,14H,8-9,13H2,1-2H3. The van der Waals surface area contributed by atoms with Crippen LogP contribution >= 0.6 is 0 Å². The van der Waals surface area contributed by atoms with Crippen LogP contribution in [0, 0.1) is 0 Å². The lowest BCUT2D eigenvalue weighted by molar-refractivity contribution is 0.0894. The van der Waals surface area contributed by atoms with E-state index in [2.05, 4.69) is 5.32 Å². The Labute approximate surface area is 90.7 Å². The van der Waals surface area contributed by atoms with Gasteiger partial charge in [-0.3, -0.25) is 4.79 Å². The summed E-state index contributed by atoms with van der Waals surface area (Å²) in [6.45, 7) is 2.52. The van der Waals surface area contributed by atoms with E-state index in [-0.39, 0.29) is 5.78 Å². The zero-order valence-electron chi connectivity index (χ0n) is 9.29. The Morgan fingerprint density at radius 1 is 1.40 bits per heavy atom. The Bertz CT molecular complexity index is 320. The summed E-state index contributed by atoms with van der Waals surface area (Å²) in [4.78, 5) is 12.0. The Morgan fingerprint density at radius 3 is 2.53 bits per heavy atom. The van der Waals surface area contributed by atoms with Gasteiger partial charge in [0.25, 0.3) is 0 Å². The predicted octanol–water partition coefficient (Wildman–Crippen LogP) is 1.20. The van der Waals surface area contributed by atoms with Crippen LogP contribution in [0.15, 0.2) is 30.3 Å². The fourth-order valence-electron chi connectivity index (χ4n) is 1.42. The lowest BCUT2D eigenvalue weighted by atomic mass is 9.89. The van der Waals surface area contributed by atoms with E-state index in [0.29, 0.717) is 12.0 Å². The number of nitrogens with one attached hydrogen (secondary N) is 1. The van der Waals surface area contributed by atoms with Gasteiger partial charge in [-0.1, -0.05) is 30.3 Å². The average molecular weight is 206 g/mol. The van der Waals surface area contributed by atoms with Crippen LogP contribution in [0.1, 0.15) is 23.7 Å². The monoisotopic (exact) mass is 206 g/mol. The van der Waals surface area contributed by atoms with Crippen molar-refractivity contribution in [2.45, 2.75) is 18.9 Å². The van der Waals surface area contributed by atoms with E-state index in [4.69, 9.17) is 5.73 Å². The van der Waals surface area contributed by atoms with Crippen LogP contribution in [-0.4, -0.2) is 24.9 Å². The zero-order valence-corrected chi connectivity index (χ0v) is 9.29. The third-order valence-electron chi connectivity index (χ3n) is 2.45. The van der Waals surface area contributed by atoms with E-state index in [1.807, 2.05) is 25.2 Å². The maximum absolute atomic E-state index is 12.0. The molecular formula is C12H18N2O. The van der Waals surface area contributed by atoms with Crippen molar-refractivity contribution in [2.24, 2.45) is 5.73 Å². The molecule has 1 atom stereocenters. The van der Waals surface area contributed by atoms with Gasteiger partial charge in [0.2, 0.25) is 0 Å². The Balaban J connectivity index is 2.75. The highest BCUT2D eigenvalue weighted by Crippen LogP contribution is 2.13. The van der Waals surface area contributed by atoms with Gasteiger partial charge in [-0.2, -0.15) is 0 Å². The van der Waals surface area contributed by atoms with Crippen LogP contribution in [-0.2, 0) is 0 Å². The van der Waals surface area contributed by atoms with Crippen LogP contribution in [0.5, 0.6) is 0 Å². The normalized spacial score (nSPS) is 14.6. The van der Waals surface area contributed by atoms with Gasteiger partial charge in [0.1, 0.15) is 0 Å². The molecule has 0 fully saturated rings. The molecule has 0 bridgehead atoms. The van der Waals surface area contributed by atoms with Crippen molar-refractivity contribution in [1.82, 2.24) is 5.32 Å². The summed E-state index contributed by atoms with van der Waals surface area (Å²) in [6.07, 6.45) is 0.636. The minimum atomic E-state index is -0.787. The summed E-state index contributed by atoms with van der Waals surface area (Å²) in [7, 11) is 1.85. The number of benzene rings is 1. The van der Waals surface area contributed by atoms with Gasteiger partial charge in [-0.15, -0.1) is 0 Å². The molecule has 3 nitrogen and oxygen atoms in total. The first-order valence-corrected chi connectivity index (χ1v) is 5.11. The first-order valence-electron chi connectivity index (χ1n) is 5.11. The molecule has 3 heteroatoms. The smallest absolute Gasteiger partial charge is 0.182 e. The van der Waals surface area contributed by atoms with Gasteiger partial charge in [0.05, 0.1) is 5.54 Å². The molecule has 1 rings (SSSR count). The number of Topliss-reactive ketones (excluding diaryl/α,β-unsaturated/α-hetero) is 1. The Hall–Kier alpha value is -1.19. The van der Waals surface area contributed by atoms with E-state index in [1.165, 1.54) is 0 Å². The van der Waals surface area contributed by atoms with Gasteiger partial charge in [-0.25, -0.2) is 0 Å². The van der Waals surface area contributed by atoms with Crippen molar-refractivity contribution in [1.29, 1.82) is 0 Å². The number of carbonyl (C=O) groups is 1. The maximum Gasteiger partial charge on any atom is 0.182 e. The minimum Gasteiger partial charge on any atom is -0.320 e. The van der Waals surface area contributed by atoms with Gasteiger partial charge in [0, 0.05) is 5.56 Å². The second kappa shape index (κ2) is 5.05. The number of carbonyl (C=O) groups excluding carboxylic acids is 1. The summed E-state index contributed by atoms with van der Waals surface area (Å²) >= 11 is 0. The maximum atomic E-state index is 12.0. The topological polar surface area (TPSA) is 55.1 Å². The molecule has 0 radical (unpaired) electrons. The van der Waals surface area contributed by atoms with E-state index >= 15 is 0 Å². The molecule has 0 amide bonds. The number of ketones is 1. The SMILES string of the molecule is CNCCC(C)(N)C(=O)c1ccccc1. The van der Waals surface area contributed by atoms with Crippen molar-refractivity contribution in [2.75, 3.05) is 13.6 Å². The molecule has 3 N–H and O–H groups in total. The van der Waals surface area contributed by atoms with Crippen molar-refractivity contribution < 1.29 is 4.79 Å². The van der Waals surface area contributed by atoms with Crippen molar-refractivity contribution >= 4 is 5.78 Å². The van der Waals surface area contributed by atoms with Gasteiger partial charge < -0.3 is 11.1 Å². The number of rotatable bonds is 5. The lowest BCUT2D eigenvalue weighted by Gasteiger charge is -2.22. The minimum absolute atomic E-state index is 0.00153. The molecule has 82 valence electrons. The number of nitrogens with two attached hydrogens (primary N) is 1. The summed E-state index contributed by atoms with van der Waals surface area (Å²) < 4.78 is 0. The van der Waals surface area contributed by atoms with Crippen LogP contribution in [0.2, 0.25) is 0 Å². The molecular weight excluding hydrogens is 188 g/mol. The Kier molecular flexibility index (Phi) is 4.00. The molecule has 0 aliphatic rings. The van der Waals surface area contributed by atoms with E-state index in [9.17, 15) is 4.79 Å². The third-order valence-corrected chi connectivity index (χ3v) is 2.45. The first kappa shape index (κ1) is 11.9. The molecule has 0 aromatic heterocycles. The van der Waals surface area contributed by atoms with E-state index < -0.39 is 5.54 Å². The quantitative estimate of drug-likeness (QED) is 0.712. The molecule has 15 heavy (non-hydrogen) atoms. The largest absolute Gasteiger partial charge is 0.320 e. The molecule has 1 unspecified atom stereocenters. The highest BCUT2D eigenvalue weighted by Gasteiger charge is 2.28.